The molecule has 0 unspecified atom stereocenters. The molecule has 29 heavy (non-hydrogen) atoms. The molecule has 2 rings (SSSR count). The Labute approximate surface area is 174 Å². The van der Waals surface area contributed by atoms with E-state index in [1.807, 2.05) is 0 Å². The number of hydrogen-bond donors (Lipinski definition) is 3. The number of halogens is 3. The van der Waals surface area contributed by atoms with Crippen molar-refractivity contribution in [3.8, 4) is 10.8 Å². The summed E-state index contributed by atoms with van der Waals surface area (Å²) in [6, 6.07) is 3.57. The van der Waals surface area contributed by atoms with Gasteiger partial charge in [-0.1, -0.05) is 21.6 Å². The number of carboxylic acids is 2. The molecule has 160 valence electrons. The summed E-state index contributed by atoms with van der Waals surface area (Å²) in [5.74, 6) is -1.78. The fourth-order valence-electron chi connectivity index (χ4n) is 1.43. The van der Waals surface area contributed by atoms with Crippen LogP contribution < -0.4 is 5.32 Å². The number of hydrogen-bond acceptors (Lipinski definition) is 8. The Hall–Kier alpha value is -2.19. The van der Waals surface area contributed by atoms with Crippen LogP contribution in [0.4, 0.5) is 13.2 Å². The Balaban J connectivity index is 0.000000516. The highest BCUT2D eigenvalue weighted by molar-refractivity contribution is 8.76. The standard InChI is InChI=1S/C13H14N2O4S3.C2HF3O2/c16-11(17)3-6-20-21-7-4-14-12(18)10-8-15-13(22-10)9-2-1-5-19-9;3-2(4,5)1(6)7/h1-2,5,8H,3-4,6-7H2,(H,14,18)(H,16,17);(H,6,7). The van der Waals surface area contributed by atoms with Crippen molar-refractivity contribution < 1.29 is 42.2 Å². The van der Waals surface area contributed by atoms with Crippen LogP contribution in [-0.4, -0.2) is 57.3 Å². The van der Waals surface area contributed by atoms with Crippen LogP contribution >= 0.6 is 32.9 Å². The number of alkyl halides is 3. The Morgan fingerprint density at radius 3 is 2.41 bits per heavy atom. The second-order valence-corrected chi connectivity index (χ2v) is 8.59. The Morgan fingerprint density at radius 1 is 1.21 bits per heavy atom. The molecule has 0 aromatic carbocycles. The first-order valence-electron chi connectivity index (χ1n) is 7.65. The van der Waals surface area contributed by atoms with Crippen molar-refractivity contribution in [2.75, 3.05) is 18.1 Å². The molecular weight excluding hydrogens is 457 g/mol. The fourth-order valence-corrected chi connectivity index (χ4v) is 4.12. The summed E-state index contributed by atoms with van der Waals surface area (Å²) < 4.78 is 37.0. The average molecular weight is 472 g/mol. The first kappa shape index (κ1) is 24.8. The SMILES string of the molecule is O=C(O)C(F)(F)F.O=C(O)CCSSCCNC(=O)c1cnc(-c2ccco2)s1. The minimum atomic E-state index is -5.08. The van der Waals surface area contributed by atoms with Gasteiger partial charge in [-0.15, -0.1) is 11.3 Å². The van der Waals surface area contributed by atoms with E-state index in [2.05, 4.69) is 10.3 Å². The van der Waals surface area contributed by atoms with E-state index >= 15 is 0 Å². The van der Waals surface area contributed by atoms with Crippen molar-refractivity contribution in [3.63, 3.8) is 0 Å². The number of rotatable bonds is 9. The molecule has 0 saturated carbocycles. The van der Waals surface area contributed by atoms with E-state index in [9.17, 15) is 22.8 Å². The third kappa shape index (κ3) is 10.2. The first-order valence-corrected chi connectivity index (χ1v) is 11.0. The summed E-state index contributed by atoms with van der Waals surface area (Å²) in [6.45, 7) is 0.525. The summed E-state index contributed by atoms with van der Waals surface area (Å²) in [4.78, 5) is 35.9. The van der Waals surface area contributed by atoms with Crippen LogP contribution in [-0.2, 0) is 9.59 Å². The summed E-state index contributed by atoms with van der Waals surface area (Å²) in [7, 11) is 3.04. The fraction of sp³-hybridized carbons (Fsp3) is 0.333. The number of furan rings is 1. The van der Waals surface area contributed by atoms with Gasteiger partial charge >= 0.3 is 18.1 Å². The molecule has 2 heterocycles. The predicted octanol–water partition coefficient (Wildman–Crippen LogP) is 3.62. The highest BCUT2D eigenvalue weighted by Crippen LogP contribution is 2.25. The van der Waals surface area contributed by atoms with Gasteiger partial charge in [0.2, 0.25) is 0 Å². The van der Waals surface area contributed by atoms with Gasteiger partial charge in [-0.2, -0.15) is 13.2 Å². The maximum Gasteiger partial charge on any atom is 0.490 e. The van der Waals surface area contributed by atoms with Crippen molar-refractivity contribution in [1.82, 2.24) is 10.3 Å². The maximum atomic E-state index is 11.9. The van der Waals surface area contributed by atoms with Crippen LogP contribution in [0.3, 0.4) is 0 Å². The summed E-state index contributed by atoms with van der Waals surface area (Å²) >= 11 is 1.28. The number of nitrogens with one attached hydrogen (secondary N) is 1. The number of nitrogens with zero attached hydrogens (tertiary/aromatic N) is 1. The summed E-state index contributed by atoms with van der Waals surface area (Å²) in [5, 5.41) is 19.1. The lowest BCUT2D eigenvalue weighted by atomic mass is 10.5. The molecule has 0 bridgehead atoms. The Kier molecular flexibility index (Phi) is 10.6. The maximum absolute atomic E-state index is 11.9. The van der Waals surface area contributed by atoms with Crippen molar-refractivity contribution >= 4 is 50.8 Å². The summed E-state index contributed by atoms with van der Waals surface area (Å²) in [6.07, 6.45) is -1.83. The molecule has 2 aromatic rings. The lowest BCUT2D eigenvalue weighted by molar-refractivity contribution is -0.192. The van der Waals surface area contributed by atoms with E-state index in [0.29, 0.717) is 27.9 Å². The third-order valence-corrected chi connectivity index (χ3v) is 6.08. The molecular formula is C15H15F3N2O6S3. The number of carbonyl (C=O) groups excluding carboxylic acids is 1. The number of carbonyl (C=O) groups is 3. The highest BCUT2D eigenvalue weighted by Gasteiger charge is 2.38. The lowest BCUT2D eigenvalue weighted by Crippen LogP contribution is -2.24. The Bertz CT molecular complexity index is 796. The number of carboxylic acid groups (broad SMARTS) is 2. The number of amides is 1. The molecule has 0 spiro atoms. The molecule has 0 radical (unpaired) electrons. The molecule has 0 atom stereocenters. The number of aliphatic carboxylic acids is 2. The van der Waals surface area contributed by atoms with Gasteiger partial charge in [0.05, 0.1) is 18.9 Å². The number of thiazole rings is 1. The van der Waals surface area contributed by atoms with Gasteiger partial charge in [0, 0.05) is 18.1 Å². The zero-order chi connectivity index (χ0) is 21.9. The lowest BCUT2D eigenvalue weighted by Gasteiger charge is -2.02. The monoisotopic (exact) mass is 472 g/mol. The van der Waals surface area contributed by atoms with E-state index < -0.39 is 18.1 Å². The minimum Gasteiger partial charge on any atom is -0.481 e. The van der Waals surface area contributed by atoms with Gasteiger partial charge in [0.1, 0.15) is 4.88 Å². The molecule has 14 heteroatoms. The molecule has 0 aliphatic carbocycles. The van der Waals surface area contributed by atoms with Crippen molar-refractivity contribution in [1.29, 1.82) is 0 Å². The first-order chi connectivity index (χ1) is 13.6. The van der Waals surface area contributed by atoms with E-state index in [1.165, 1.54) is 28.3 Å². The van der Waals surface area contributed by atoms with Gasteiger partial charge in [0.15, 0.2) is 10.8 Å². The quantitative estimate of drug-likeness (QED) is 0.370. The van der Waals surface area contributed by atoms with E-state index in [4.69, 9.17) is 19.4 Å². The van der Waals surface area contributed by atoms with Crippen LogP contribution in [0.25, 0.3) is 10.8 Å². The third-order valence-electron chi connectivity index (χ3n) is 2.66. The summed E-state index contributed by atoms with van der Waals surface area (Å²) in [5.41, 5.74) is 0. The molecule has 0 saturated heterocycles. The van der Waals surface area contributed by atoms with Gasteiger partial charge in [0.25, 0.3) is 5.91 Å². The van der Waals surface area contributed by atoms with Crippen molar-refractivity contribution in [2.45, 2.75) is 12.6 Å². The van der Waals surface area contributed by atoms with Gasteiger partial charge < -0.3 is 19.9 Å². The molecule has 8 nitrogen and oxygen atoms in total. The average Bonchev–Trinajstić information content (AvgIpc) is 3.31. The second-order valence-electron chi connectivity index (χ2n) is 4.85. The van der Waals surface area contributed by atoms with Crippen molar-refractivity contribution in [2.24, 2.45) is 0 Å². The van der Waals surface area contributed by atoms with E-state index in [-0.39, 0.29) is 12.3 Å². The predicted molar refractivity (Wildman–Crippen MR) is 103 cm³/mol. The van der Waals surface area contributed by atoms with Gasteiger partial charge in [-0.3, -0.25) is 9.59 Å². The van der Waals surface area contributed by atoms with Gasteiger partial charge in [-0.05, 0) is 12.1 Å². The van der Waals surface area contributed by atoms with E-state index in [0.717, 1.165) is 5.75 Å². The zero-order valence-corrected chi connectivity index (χ0v) is 16.9. The van der Waals surface area contributed by atoms with Crippen LogP contribution in [0.5, 0.6) is 0 Å². The second kappa shape index (κ2) is 12.4. The van der Waals surface area contributed by atoms with E-state index in [1.54, 1.807) is 29.2 Å². The highest BCUT2D eigenvalue weighted by atomic mass is 33.1. The zero-order valence-electron chi connectivity index (χ0n) is 14.5. The van der Waals surface area contributed by atoms with Crippen LogP contribution in [0.1, 0.15) is 16.1 Å². The van der Waals surface area contributed by atoms with Gasteiger partial charge in [-0.25, -0.2) is 9.78 Å². The Morgan fingerprint density at radius 2 is 1.86 bits per heavy atom. The molecule has 0 aliphatic heterocycles. The topological polar surface area (TPSA) is 130 Å². The molecule has 0 fully saturated rings. The molecule has 3 N–H and O–H groups in total. The smallest absolute Gasteiger partial charge is 0.481 e. The largest absolute Gasteiger partial charge is 0.490 e. The van der Waals surface area contributed by atoms with Crippen LogP contribution in [0, 0.1) is 0 Å². The number of aromatic nitrogens is 1. The minimum absolute atomic E-state index is 0.153. The molecule has 1 amide bonds. The van der Waals surface area contributed by atoms with Crippen LogP contribution in [0.2, 0.25) is 0 Å². The molecule has 0 aliphatic rings. The normalized spacial score (nSPS) is 10.7. The van der Waals surface area contributed by atoms with Crippen molar-refractivity contribution in [3.05, 3.63) is 29.5 Å². The molecule has 2 aromatic heterocycles. The van der Waals surface area contributed by atoms with Crippen LogP contribution in [0.15, 0.2) is 29.0 Å².